The Morgan fingerprint density at radius 1 is 1.04 bits per heavy atom. The molecule has 0 fully saturated rings. The number of hydrogen-bond donors (Lipinski definition) is 0. The van der Waals surface area contributed by atoms with E-state index in [-0.39, 0.29) is 0 Å². The second-order valence-electron chi connectivity index (χ2n) is 5.40. The molecule has 0 N–H and O–H groups in total. The quantitative estimate of drug-likeness (QED) is 0.700. The van der Waals surface area contributed by atoms with Gasteiger partial charge in [0.2, 0.25) is 0 Å². The minimum Gasteiger partial charge on any atom is -0.383 e. The summed E-state index contributed by atoms with van der Waals surface area (Å²) in [5.41, 5.74) is 3.14. The molecule has 118 valence electrons. The van der Waals surface area contributed by atoms with Crippen LogP contribution in [0.1, 0.15) is 11.3 Å². The maximum atomic E-state index is 5.26. The number of nitrogens with zero attached hydrogens (tertiary/aromatic N) is 4. The summed E-state index contributed by atoms with van der Waals surface area (Å²) in [6, 6.07) is 12.1. The van der Waals surface area contributed by atoms with Crippen LogP contribution in [0.2, 0.25) is 0 Å². The van der Waals surface area contributed by atoms with Crippen LogP contribution in [0.3, 0.4) is 0 Å². The number of fused-ring (bicyclic) bond motifs is 1. The maximum Gasteiger partial charge on any atom is 0.140 e. The number of anilines is 1. The third-order valence-electron chi connectivity index (χ3n) is 3.79. The molecule has 0 amide bonds. The number of hydrogen-bond acceptors (Lipinski definition) is 5. The minimum absolute atomic E-state index is 0.629. The van der Waals surface area contributed by atoms with Crippen molar-refractivity contribution in [3.05, 3.63) is 60.2 Å². The SMILES string of the molecule is COCCN(Cc1ccccn1)c1ncnc2c(C)cccc12. The van der Waals surface area contributed by atoms with Crippen LogP contribution in [0.5, 0.6) is 0 Å². The summed E-state index contributed by atoms with van der Waals surface area (Å²) >= 11 is 0. The van der Waals surface area contributed by atoms with E-state index in [0.717, 1.165) is 34.5 Å². The number of aryl methyl sites for hydroxylation is 1. The fourth-order valence-corrected chi connectivity index (χ4v) is 2.62. The van der Waals surface area contributed by atoms with E-state index in [4.69, 9.17) is 4.74 Å². The molecule has 5 heteroatoms. The smallest absolute Gasteiger partial charge is 0.140 e. The van der Waals surface area contributed by atoms with E-state index >= 15 is 0 Å². The van der Waals surface area contributed by atoms with Crippen LogP contribution in [0, 0.1) is 6.92 Å². The zero-order chi connectivity index (χ0) is 16.1. The molecule has 0 aliphatic carbocycles. The topological polar surface area (TPSA) is 51.1 Å². The number of pyridine rings is 1. The second kappa shape index (κ2) is 7.15. The molecule has 0 aliphatic rings. The Balaban J connectivity index is 2.01. The normalized spacial score (nSPS) is 10.9. The van der Waals surface area contributed by atoms with Crippen LogP contribution in [0.15, 0.2) is 48.9 Å². The van der Waals surface area contributed by atoms with E-state index < -0.39 is 0 Å². The Hall–Kier alpha value is -2.53. The van der Waals surface area contributed by atoms with Gasteiger partial charge in [-0.1, -0.05) is 18.2 Å². The van der Waals surface area contributed by atoms with Crippen LogP contribution < -0.4 is 4.90 Å². The van der Waals surface area contributed by atoms with Crippen LogP contribution >= 0.6 is 0 Å². The summed E-state index contributed by atoms with van der Waals surface area (Å²) in [6.07, 6.45) is 3.44. The molecule has 3 rings (SSSR count). The molecule has 2 heterocycles. The molecule has 0 saturated carbocycles. The first kappa shape index (κ1) is 15.4. The summed E-state index contributed by atoms with van der Waals surface area (Å²) < 4.78 is 5.26. The van der Waals surface area contributed by atoms with E-state index in [1.54, 1.807) is 13.4 Å². The van der Waals surface area contributed by atoms with Gasteiger partial charge in [-0.05, 0) is 30.7 Å². The number of methoxy groups -OCH3 is 1. The molecule has 2 aromatic heterocycles. The lowest BCUT2D eigenvalue weighted by molar-refractivity contribution is 0.205. The molecule has 3 aromatic rings. The number of ether oxygens (including phenoxy) is 1. The first-order valence-electron chi connectivity index (χ1n) is 7.63. The van der Waals surface area contributed by atoms with Gasteiger partial charge < -0.3 is 9.64 Å². The Labute approximate surface area is 136 Å². The number of para-hydroxylation sites is 1. The van der Waals surface area contributed by atoms with Gasteiger partial charge in [-0.2, -0.15) is 0 Å². The van der Waals surface area contributed by atoms with Gasteiger partial charge >= 0.3 is 0 Å². The Kier molecular flexibility index (Phi) is 4.78. The fraction of sp³-hybridized carbons (Fsp3) is 0.278. The van der Waals surface area contributed by atoms with Crippen molar-refractivity contribution in [3.63, 3.8) is 0 Å². The molecule has 0 bridgehead atoms. The highest BCUT2D eigenvalue weighted by Gasteiger charge is 2.14. The number of aromatic nitrogens is 3. The van der Waals surface area contributed by atoms with Gasteiger partial charge in [0.15, 0.2) is 0 Å². The number of rotatable bonds is 6. The van der Waals surface area contributed by atoms with Gasteiger partial charge in [0, 0.05) is 25.2 Å². The Bertz CT molecular complexity index is 776. The zero-order valence-corrected chi connectivity index (χ0v) is 13.4. The standard InChI is InChI=1S/C18H20N4O/c1-14-6-5-8-16-17(14)20-13-21-18(16)22(10-11-23-2)12-15-7-3-4-9-19-15/h3-9,13H,10-12H2,1-2H3. The van der Waals surface area contributed by atoms with Crippen molar-refractivity contribution >= 4 is 16.7 Å². The van der Waals surface area contributed by atoms with Crippen LogP contribution in [0.25, 0.3) is 10.9 Å². The molecular formula is C18H20N4O. The van der Waals surface area contributed by atoms with Crippen LogP contribution in [0.4, 0.5) is 5.82 Å². The van der Waals surface area contributed by atoms with Crippen LogP contribution in [-0.4, -0.2) is 35.2 Å². The van der Waals surface area contributed by atoms with Crippen molar-refractivity contribution in [3.8, 4) is 0 Å². The van der Waals surface area contributed by atoms with Crippen molar-refractivity contribution in [2.75, 3.05) is 25.2 Å². The molecule has 1 aromatic carbocycles. The van der Waals surface area contributed by atoms with Crippen molar-refractivity contribution in [2.45, 2.75) is 13.5 Å². The van der Waals surface area contributed by atoms with E-state index in [1.807, 2.05) is 30.5 Å². The highest BCUT2D eigenvalue weighted by molar-refractivity contribution is 5.91. The van der Waals surface area contributed by atoms with E-state index in [0.29, 0.717) is 13.2 Å². The van der Waals surface area contributed by atoms with Gasteiger partial charge in [-0.15, -0.1) is 0 Å². The minimum atomic E-state index is 0.629. The molecule has 23 heavy (non-hydrogen) atoms. The van der Waals surface area contributed by atoms with Crippen LogP contribution in [-0.2, 0) is 11.3 Å². The molecular weight excluding hydrogens is 288 g/mol. The third-order valence-corrected chi connectivity index (χ3v) is 3.79. The van der Waals surface area contributed by atoms with Crippen molar-refractivity contribution in [1.82, 2.24) is 15.0 Å². The molecule has 0 radical (unpaired) electrons. The highest BCUT2D eigenvalue weighted by Crippen LogP contribution is 2.25. The first-order valence-corrected chi connectivity index (χ1v) is 7.63. The lowest BCUT2D eigenvalue weighted by atomic mass is 10.1. The molecule has 0 saturated heterocycles. The second-order valence-corrected chi connectivity index (χ2v) is 5.40. The zero-order valence-electron chi connectivity index (χ0n) is 13.4. The average Bonchev–Trinajstić information content (AvgIpc) is 2.59. The third kappa shape index (κ3) is 3.46. The highest BCUT2D eigenvalue weighted by atomic mass is 16.5. The predicted octanol–water partition coefficient (Wildman–Crippen LogP) is 2.99. The maximum absolute atomic E-state index is 5.26. The summed E-state index contributed by atoms with van der Waals surface area (Å²) in [6.45, 7) is 4.12. The fourth-order valence-electron chi connectivity index (χ4n) is 2.62. The lowest BCUT2D eigenvalue weighted by Crippen LogP contribution is -2.28. The molecule has 5 nitrogen and oxygen atoms in total. The summed E-state index contributed by atoms with van der Waals surface area (Å²) in [7, 11) is 1.71. The van der Waals surface area contributed by atoms with Crippen molar-refractivity contribution < 1.29 is 4.74 Å². The van der Waals surface area contributed by atoms with Crippen molar-refractivity contribution in [2.24, 2.45) is 0 Å². The average molecular weight is 308 g/mol. The van der Waals surface area contributed by atoms with Gasteiger partial charge in [0.1, 0.15) is 12.1 Å². The molecule has 0 spiro atoms. The molecule has 0 atom stereocenters. The van der Waals surface area contributed by atoms with E-state index in [9.17, 15) is 0 Å². The lowest BCUT2D eigenvalue weighted by Gasteiger charge is -2.24. The van der Waals surface area contributed by atoms with Gasteiger partial charge in [-0.25, -0.2) is 9.97 Å². The van der Waals surface area contributed by atoms with Gasteiger partial charge in [-0.3, -0.25) is 4.98 Å². The summed E-state index contributed by atoms with van der Waals surface area (Å²) in [4.78, 5) is 15.6. The molecule has 0 aliphatic heterocycles. The Morgan fingerprint density at radius 3 is 2.74 bits per heavy atom. The largest absolute Gasteiger partial charge is 0.383 e. The summed E-state index contributed by atoms with van der Waals surface area (Å²) in [5, 5.41) is 1.06. The van der Waals surface area contributed by atoms with E-state index in [1.165, 1.54) is 0 Å². The summed E-state index contributed by atoms with van der Waals surface area (Å²) in [5.74, 6) is 0.918. The van der Waals surface area contributed by atoms with Gasteiger partial charge in [0.25, 0.3) is 0 Å². The Morgan fingerprint density at radius 2 is 1.96 bits per heavy atom. The molecule has 0 unspecified atom stereocenters. The predicted molar refractivity (Wildman–Crippen MR) is 91.4 cm³/mol. The van der Waals surface area contributed by atoms with E-state index in [2.05, 4.69) is 38.9 Å². The van der Waals surface area contributed by atoms with Crippen molar-refractivity contribution in [1.29, 1.82) is 0 Å². The monoisotopic (exact) mass is 308 g/mol. The van der Waals surface area contributed by atoms with Gasteiger partial charge in [0.05, 0.1) is 24.4 Å². The number of benzene rings is 1. The first-order chi connectivity index (χ1) is 11.3.